The molecule has 0 fully saturated rings. The number of nitrogens with zero attached hydrogens (tertiary/aromatic N) is 3. The molecule has 1 heterocycles. The Morgan fingerprint density at radius 2 is 2.26 bits per heavy atom. The Morgan fingerprint density at radius 3 is 3.00 bits per heavy atom. The fraction of sp³-hybridized carbons (Fsp3) is 0.154. The minimum atomic E-state index is -0.0884. The highest BCUT2D eigenvalue weighted by Crippen LogP contribution is 2.19. The summed E-state index contributed by atoms with van der Waals surface area (Å²) in [6.45, 7) is 2.06. The zero-order valence-corrected chi connectivity index (χ0v) is 10.4. The SMILES string of the molecule is CCc1cccc(Oc2nccc(/C(N)=N/O)n2)c1. The monoisotopic (exact) mass is 258 g/mol. The molecule has 2 aromatic rings. The van der Waals surface area contributed by atoms with Crippen molar-refractivity contribution in [2.45, 2.75) is 13.3 Å². The molecule has 0 saturated heterocycles. The summed E-state index contributed by atoms with van der Waals surface area (Å²) in [6.07, 6.45) is 2.40. The summed E-state index contributed by atoms with van der Waals surface area (Å²) >= 11 is 0. The third-order valence-electron chi connectivity index (χ3n) is 2.52. The van der Waals surface area contributed by atoms with Gasteiger partial charge in [-0.3, -0.25) is 0 Å². The number of rotatable bonds is 4. The van der Waals surface area contributed by atoms with Gasteiger partial charge in [-0.1, -0.05) is 24.2 Å². The third-order valence-corrected chi connectivity index (χ3v) is 2.52. The average molecular weight is 258 g/mol. The van der Waals surface area contributed by atoms with Gasteiger partial charge in [0.1, 0.15) is 11.4 Å². The van der Waals surface area contributed by atoms with Gasteiger partial charge < -0.3 is 15.7 Å². The summed E-state index contributed by atoms with van der Waals surface area (Å²) < 4.78 is 5.54. The minimum absolute atomic E-state index is 0.0884. The first-order valence-corrected chi connectivity index (χ1v) is 5.80. The zero-order valence-electron chi connectivity index (χ0n) is 10.4. The molecule has 2 rings (SSSR count). The van der Waals surface area contributed by atoms with E-state index in [1.165, 1.54) is 12.3 Å². The number of amidine groups is 1. The second-order valence-electron chi connectivity index (χ2n) is 3.81. The van der Waals surface area contributed by atoms with E-state index in [1.54, 1.807) is 0 Å². The number of nitrogens with two attached hydrogens (primary N) is 1. The smallest absolute Gasteiger partial charge is 0.322 e. The number of aromatic nitrogens is 2. The zero-order chi connectivity index (χ0) is 13.7. The highest BCUT2D eigenvalue weighted by molar-refractivity contribution is 5.95. The van der Waals surface area contributed by atoms with Crippen molar-refractivity contribution in [3.8, 4) is 11.8 Å². The average Bonchev–Trinajstić information content (AvgIpc) is 2.47. The largest absolute Gasteiger partial charge is 0.424 e. The van der Waals surface area contributed by atoms with Crippen molar-refractivity contribution in [1.82, 2.24) is 9.97 Å². The van der Waals surface area contributed by atoms with Gasteiger partial charge in [0, 0.05) is 6.20 Å². The van der Waals surface area contributed by atoms with E-state index >= 15 is 0 Å². The molecule has 0 atom stereocenters. The van der Waals surface area contributed by atoms with E-state index in [1.807, 2.05) is 24.3 Å². The topological polar surface area (TPSA) is 93.6 Å². The van der Waals surface area contributed by atoms with Gasteiger partial charge in [0.25, 0.3) is 0 Å². The maximum atomic E-state index is 8.60. The van der Waals surface area contributed by atoms with Gasteiger partial charge in [-0.15, -0.1) is 0 Å². The molecule has 98 valence electrons. The standard InChI is InChI=1S/C13H14N4O2/c1-2-9-4-3-5-10(8-9)19-13-15-7-6-11(16-13)12(14)17-18/h3-8,18H,2H2,1H3,(H2,14,17). The fourth-order valence-corrected chi connectivity index (χ4v) is 1.52. The normalized spacial score (nSPS) is 11.3. The Morgan fingerprint density at radius 1 is 1.42 bits per heavy atom. The van der Waals surface area contributed by atoms with Gasteiger partial charge in [0.15, 0.2) is 5.84 Å². The predicted molar refractivity (Wildman–Crippen MR) is 70.4 cm³/mol. The van der Waals surface area contributed by atoms with E-state index in [0.717, 1.165) is 12.0 Å². The number of oxime groups is 1. The number of benzene rings is 1. The van der Waals surface area contributed by atoms with Gasteiger partial charge >= 0.3 is 6.01 Å². The van der Waals surface area contributed by atoms with Crippen LogP contribution in [-0.2, 0) is 6.42 Å². The van der Waals surface area contributed by atoms with Gasteiger partial charge in [0.05, 0.1) is 0 Å². The van der Waals surface area contributed by atoms with Crippen molar-refractivity contribution in [2.75, 3.05) is 0 Å². The van der Waals surface area contributed by atoms with Crippen LogP contribution < -0.4 is 10.5 Å². The van der Waals surface area contributed by atoms with Crippen LogP contribution in [0.15, 0.2) is 41.7 Å². The second-order valence-corrected chi connectivity index (χ2v) is 3.81. The van der Waals surface area contributed by atoms with Crippen LogP contribution in [0, 0.1) is 0 Å². The molecule has 0 radical (unpaired) electrons. The van der Waals surface area contributed by atoms with Gasteiger partial charge in [-0.25, -0.2) is 4.98 Å². The lowest BCUT2D eigenvalue weighted by Crippen LogP contribution is -2.15. The summed E-state index contributed by atoms with van der Waals surface area (Å²) in [7, 11) is 0. The Kier molecular flexibility index (Phi) is 3.92. The van der Waals surface area contributed by atoms with Gasteiger partial charge in [-0.2, -0.15) is 4.98 Å². The van der Waals surface area contributed by atoms with Crippen LogP contribution in [0.3, 0.4) is 0 Å². The first-order valence-electron chi connectivity index (χ1n) is 5.80. The van der Waals surface area contributed by atoms with Crippen molar-refractivity contribution >= 4 is 5.84 Å². The van der Waals surface area contributed by atoms with E-state index in [0.29, 0.717) is 11.4 Å². The quantitative estimate of drug-likeness (QED) is 0.378. The van der Waals surface area contributed by atoms with Crippen molar-refractivity contribution in [3.63, 3.8) is 0 Å². The molecule has 3 N–H and O–H groups in total. The van der Waals surface area contributed by atoms with E-state index in [9.17, 15) is 0 Å². The van der Waals surface area contributed by atoms with Crippen molar-refractivity contribution in [1.29, 1.82) is 0 Å². The number of hydrogen-bond acceptors (Lipinski definition) is 5. The lowest BCUT2D eigenvalue weighted by molar-refractivity contribution is 0.318. The molecule has 0 unspecified atom stereocenters. The van der Waals surface area contributed by atoms with E-state index < -0.39 is 0 Å². The molecule has 6 heteroatoms. The molecular weight excluding hydrogens is 244 g/mol. The first kappa shape index (κ1) is 12.8. The molecule has 1 aromatic carbocycles. The van der Waals surface area contributed by atoms with Gasteiger partial charge in [0.2, 0.25) is 0 Å². The lowest BCUT2D eigenvalue weighted by Gasteiger charge is -2.06. The van der Waals surface area contributed by atoms with Crippen molar-refractivity contribution in [2.24, 2.45) is 10.9 Å². The maximum Gasteiger partial charge on any atom is 0.322 e. The Balaban J connectivity index is 2.23. The molecule has 1 aromatic heterocycles. The minimum Gasteiger partial charge on any atom is -0.424 e. The second kappa shape index (κ2) is 5.81. The van der Waals surface area contributed by atoms with E-state index in [4.69, 9.17) is 15.7 Å². The van der Waals surface area contributed by atoms with Crippen LogP contribution in [-0.4, -0.2) is 21.0 Å². The molecule has 19 heavy (non-hydrogen) atoms. The molecule has 0 aliphatic carbocycles. The molecule has 0 spiro atoms. The number of hydrogen-bond donors (Lipinski definition) is 2. The molecule has 0 bridgehead atoms. The van der Waals surface area contributed by atoms with Crippen molar-refractivity contribution in [3.05, 3.63) is 47.8 Å². The maximum absolute atomic E-state index is 8.60. The lowest BCUT2D eigenvalue weighted by atomic mass is 10.2. The first-order chi connectivity index (χ1) is 9.22. The van der Waals surface area contributed by atoms with E-state index in [2.05, 4.69) is 22.0 Å². The van der Waals surface area contributed by atoms with Crippen LogP contribution in [0.4, 0.5) is 0 Å². The van der Waals surface area contributed by atoms with E-state index in [-0.39, 0.29) is 11.8 Å². The molecule has 0 amide bonds. The van der Waals surface area contributed by atoms with Gasteiger partial charge in [-0.05, 0) is 30.2 Å². The Bertz CT molecular complexity index is 599. The van der Waals surface area contributed by atoms with Crippen LogP contribution in [0.5, 0.6) is 11.8 Å². The number of ether oxygens (including phenoxy) is 1. The third kappa shape index (κ3) is 3.19. The molecule has 6 nitrogen and oxygen atoms in total. The predicted octanol–water partition coefficient (Wildman–Crippen LogP) is 1.93. The van der Waals surface area contributed by atoms with Crippen LogP contribution in [0.1, 0.15) is 18.2 Å². The Labute approximate surface area is 110 Å². The fourth-order valence-electron chi connectivity index (χ4n) is 1.52. The summed E-state index contributed by atoms with van der Waals surface area (Å²) in [5, 5.41) is 11.5. The molecule has 0 aliphatic heterocycles. The van der Waals surface area contributed by atoms with Crippen molar-refractivity contribution < 1.29 is 9.94 Å². The Hall–Kier alpha value is -2.63. The molecule has 0 saturated carbocycles. The molecule has 0 aliphatic rings. The summed E-state index contributed by atoms with van der Waals surface area (Å²) in [5.74, 6) is 0.561. The summed E-state index contributed by atoms with van der Waals surface area (Å²) in [5.41, 5.74) is 6.92. The molecular formula is C13H14N4O2. The van der Waals surface area contributed by atoms with Crippen LogP contribution in [0.2, 0.25) is 0 Å². The summed E-state index contributed by atoms with van der Waals surface area (Å²) in [6, 6.07) is 9.34. The van der Waals surface area contributed by atoms with Crippen LogP contribution in [0.25, 0.3) is 0 Å². The van der Waals surface area contributed by atoms with Crippen LogP contribution >= 0.6 is 0 Å². The summed E-state index contributed by atoms with van der Waals surface area (Å²) in [4.78, 5) is 8.03. The highest BCUT2D eigenvalue weighted by atomic mass is 16.5. The number of aryl methyl sites for hydroxylation is 1. The highest BCUT2D eigenvalue weighted by Gasteiger charge is 2.06.